The third-order valence-electron chi connectivity index (χ3n) is 3.09. The first-order valence-electron chi connectivity index (χ1n) is 6.76. The molecule has 0 aliphatic rings. The third-order valence-corrected chi connectivity index (χ3v) is 3.96. The summed E-state index contributed by atoms with van der Waals surface area (Å²) in [5.41, 5.74) is 2.53. The number of ether oxygens (including phenoxy) is 1. The molecule has 2 N–H and O–H groups in total. The van der Waals surface area contributed by atoms with Crippen LogP contribution in [-0.4, -0.2) is 28.7 Å². The van der Waals surface area contributed by atoms with E-state index < -0.39 is 0 Å². The summed E-state index contributed by atoms with van der Waals surface area (Å²) < 4.78 is 5.21. The minimum absolute atomic E-state index is 0.102. The first kappa shape index (κ1) is 14.5. The van der Waals surface area contributed by atoms with Gasteiger partial charge in [0.15, 0.2) is 5.16 Å². The highest BCUT2D eigenvalue weighted by Gasteiger charge is 2.09. The molecule has 5 nitrogen and oxygen atoms in total. The molecule has 2 aromatic carbocycles. The van der Waals surface area contributed by atoms with Crippen LogP contribution in [0.5, 0.6) is 5.75 Å². The van der Waals surface area contributed by atoms with Crippen LogP contribution in [0.25, 0.3) is 11.0 Å². The first-order chi connectivity index (χ1) is 10.8. The number of benzene rings is 2. The molecule has 3 rings (SSSR count). The van der Waals surface area contributed by atoms with Crippen LogP contribution in [0.4, 0.5) is 5.69 Å². The second kappa shape index (κ2) is 6.53. The zero-order valence-corrected chi connectivity index (χ0v) is 12.8. The van der Waals surface area contributed by atoms with Crippen LogP contribution in [0, 0.1) is 0 Å². The summed E-state index contributed by atoms with van der Waals surface area (Å²) in [6.45, 7) is 0. The lowest BCUT2D eigenvalue weighted by molar-refractivity contribution is -0.113. The normalized spacial score (nSPS) is 10.6. The van der Waals surface area contributed by atoms with E-state index in [9.17, 15) is 4.79 Å². The second-order valence-electron chi connectivity index (χ2n) is 4.60. The van der Waals surface area contributed by atoms with Gasteiger partial charge < -0.3 is 15.0 Å². The molecule has 1 aromatic heterocycles. The SMILES string of the molecule is COc1ccccc1NC(=O)CSc1nc2ccccc2[nH]1. The smallest absolute Gasteiger partial charge is 0.234 e. The molecule has 1 heterocycles. The molecule has 0 aliphatic carbocycles. The number of aromatic amines is 1. The molecule has 0 spiro atoms. The summed E-state index contributed by atoms with van der Waals surface area (Å²) in [4.78, 5) is 19.7. The molecule has 22 heavy (non-hydrogen) atoms. The van der Waals surface area contributed by atoms with Crippen molar-refractivity contribution in [2.45, 2.75) is 5.16 Å². The number of methoxy groups -OCH3 is 1. The van der Waals surface area contributed by atoms with Gasteiger partial charge in [-0.2, -0.15) is 0 Å². The van der Waals surface area contributed by atoms with Crippen molar-refractivity contribution in [1.29, 1.82) is 0 Å². The average molecular weight is 313 g/mol. The number of carbonyl (C=O) groups is 1. The van der Waals surface area contributed by atoms with Crippen molar-refractivity contribution in [3.05, 3.63) is 48.5 Å². The number of hydrogen-bond acceptors (Lipinski definition) is 4. The second-order valence-corrected chi connectivity index (χ2v) is 5.56. The lowest BCUT2D eigenvalue weighted by atomic mass is 10.3. The highest BCUT2D eigenvalue weighted by atomic mass is 32.2. The Morgan fingerprint density at radius 3 is 2.82 bits per heavy atom. The van der Waals surface area contributed by atoms with Gasteiger partial charge in [-0.05, 0) is 24.3 Å². The van der Waals surface area contributed by atoms with E-state index in [0.29, 0.717) is 11.4 Å². The monoisotopic (exact) mass is 313 g/mol. The van der Waals surface area contributed by atoms with Crippen molar-refractivity contribution < 1.29 is 9.53 Å². The number of H-pyrrole nitrogens is 1. The molecule has 0 fully saturated rings. The van der Waals surface area contributed by atoms with Gasteiger partial charge in [-0.15, -0.1) is 0 Å². The zero-order valence-electron chi connectivity index (χ0n) is 12.0. The summed E-state index contributed by atoms with van der Waals surface area (Å²) in [6.07, 6.45) is 0. The van der Waals surface area contributed by atoms with Gasteiger partial charge in [-0.3, -0.25) is 4.79 Å². The van der Waals surface area contributed by atoms with Gasteiger partial charge in [0.1, 0.15) is 5.75 Å². The predicted molar refractivity (Wildman–Crippen MR) is 88.4 cm³/mol. The van der Waals surface area contributed by atoms with E-state index in [4.69, 9.17) is 4.74 Å². The number of anilines is 1. The van der Waals surface area contributed by atoms with Crippen molar-refractivity contribution in [1.82, 2.24) is 9.97 Å². The van der Waals surface area contributed by atoms with E-state index in [-0.39, 0.29) is 11.7 Å². The van der Waals surface area contributed by atoms with Gasteiger partial charge in [-0.25, -0.2) is 4.98 Å². The largest absolute Gasteiger partial charge is 0.495 e. The van der Waals surface area contributed by atoms with Gasteiger partial charge in [0.25, 0.3) is 0 Å². The molecule has 112 valence electrons. The molecule has 1 amide bonds. The Kier molecular flexibility index (Phi) is 4.29. The van der Waals surface area contributed by atoms with Crippen LogP contribution in [0.2, 0.25) is 0 Å². The van der Waals surface area contributed by atoms with Gasteiger partial charge >= 0.3 is 0 Å². The minimum atomic E-state index is -0.102. The fourth-order valence-corrected chi connectivity index (χ4v) is 2.75. The third kappa shape index (κ3) is 3.23. The maximum atomic E-state index is 12.0. The maximum Gasteiger partial charge on any atom is 0.234 e. The summed E-state index contributed by atoms with van der Waals surface area (Å²) in [6, 6.07) is 15.1. The molecule has 0 aliphatic heterocycles. The lowest BCUT2D eigenvalue weighted by Gasteiger charge is -2.09. The topological polar surface area (TPSA) is 67.0 Å². The zero-order chi connectivity index (χ0) is 15.4. The van der Waals surface area contributed by atoms with Crippen LogP contribution in [-0.2, 0) is 4.79 Å². The molecule has 0 atom stereocenters. The molecule has 6 heteroatoms. The molecule has 0 radical (unpaired) electrons. The highest BCUT2D eigenvalue weighted by molar-refractivity contribution is 7.99. The van der Waals surface area contributed by atoms with E-state index >= 15 is 0 Å². The highest BCUT2D eigenvalue weighted by Crippen LogP contribution is 2.24. The number of aromatic nitrogens is 2. The Balaban J connectivity index is 1.62. The molecule has 0 bridgehead atoms. The van der Waals surface area contributed by atoms with E-state index in [1.54, 1.807) is 7.11 Å². The Labute approximate surface area is 132 Å². The Bertz CT molecular complexity index is 768. The van der Waals surface area contributed by atoms with Gasteiger partial charge in [0.2, 0.25) is 5.91 Å². The van der Waals surface area contributed by atoms with Crippen molar-refractivity contribution in [2.75, 3.05) is 18.2 Å². The number of thioether (sulfide) groups is 1. The van der Waals surface area contributed by atoms with Crippen LogP contribution in [0.3, 0.4) is 0 Å². The lowest BCUT2D eigenvalue weighted by Crippen LogP contribution is -2.14. The fraction of sp³-hybridized carbons (Fsp3) is 0.125. The van der Waals surface area contributed by atoms with Gasteiger partial charge in [-0.1, -0.05) is 36.0 Å². The number of rotatable bonds is 5. The fourth-order valence-electron chi connectivity index (χ4n) is 2.07. The van der Waals surface area contributed by atoms with Crippen LogP contribution in [0.1, 0.15) is 0 Å². The average Bonchev–Trinajstić information content (AvgIpc) is 2.96. The van der Waals surface area contributed by atoms with E-state index in [0.717, 1.165) is 16.2 Å². The molecule has 3 aromatic rings. The summed E-state index contributed by atoms with van der Waals surface area (Å²) >= 11 is 1.37. The Morgan fingerprint density at radius 2 is 2.00 bits per heavy atom. The van der Waals surface area contributed by atoms with E-state index in [2.05, 4.69) is 15.3 Å². The Hall–Kier alpha value is -2.47. The van der Waals surface area contributed by atoms with Crippen molar-refractivity contribution in [2.24, 2.45) is 0 Å². The first-order valence-corrected chi connectivity index (χ1v) is 7.75. The standard InChI is InChI=1S/C16H15N3O2S/c1-21-14-9-5-4-8-13(14)17-15(20)10-22-16-18-11-6-2-3-7-12(11)19-16/h2-9H,10H2,1H3,(H,17,20)(H,18,19). The van der Waals surface area contributed by atoms with E-state index in [1.165, 1.54) is 11.8 Å². The number of hydrogen-bond donors (Lipinski definition) is 2. The molecule has 0 saturated carbocycles. The summed E-state index contributed by atoms with van der Waals surface area (Å²) in [7, 11) is 1.58. The molecular formula is C16H15N3O2S. The summed E-state index contributed by atoms with van der Waals surface area (Å²) in [5.74, 6) is 0.817. The van der Waals surface area contributed by atoms with Gasteiger partial charge in [0.05, 0.1) is 29.6 Å². The number of para-hydroxylation sites is 4. The van der Waals surface area contributed by atoms with Crippen molar-refractivity contribution in [3.8, 4) is 5.75 Å². The minimum Gasteiger partial charge on any atom is -0.495 e. The quantitative estimate of drug-likeness (QED) is 0.709. The molecule has 0 saturated heterocycles. The van der Waals surface area contributed by atoms with E-state index in [1.807, 2.05) is 48.5 Å². The number of nitrogens with one attached hydrogen (secondary N) is 2. The molecule has 0 unspecified atom stereocenters. The molecular weight excluding hydrogens is 298 g/mol. The summed E-state index contributed by atoms with van der Waals surface area (Å²) in [5, 5.41) is 3.57. The van der Waals surface area contributed by atoms with Crippen molar-refractivity contribution in [3.63, 3.8) is 0 Å². The number of fused-ring (bicyclic) bond motifs is 1. The van der Waals surface area contributed by atoms with Crippen LogP contribution in [0.15, 0.2) is 53.7 Å². The van der Waals surface area contributed by atoms with Gasteiger partial charge in [0, 0.05) is 0 Å². The number of nitrogens with zero attached hydrogens (tertiary/aromatic N) is 1. The van der Waals surface area contributed by atoms with Crippen molar-refractivity contribution >= 4 is 34.4 Å². The number of imidazole rings is 1. The predicted octanol–water partition coefficient (Wildman–Crippen LogP) is 3.30. The number of carbonyl (C=O) groups excluding carboxylic acids is 1. The maximum absolute atomic E-state index is 12.0. The van der Waals surface area contributed by atoms with Crippen LogP contribution >= 0.6 is 11.8 Å². The van der Waals surface area contributed by atoms with Crippen LogP contribution < -0.4 is 10.1 Å². The number of amides is 1. The Morgan fingerprint density at radius 1 is 1.23 bits per heavy atom.